The molecule has 3 amide bonds. The number of ether oxygens (including phenoxy) is 1. The molecule has 2 saturated heterocycles. The number of likely N-dealkylation sites (N-methyl/N-ethyl adjacent to an activating group) is 2. The molecule has 0 saturated carbocycles. The number of nitrogens with zero attached hydrogens (tertiary/aromatic N) is 3. The second-order valence-electron chi connectivity index (χ2n) is 12.0. The molecule has 0 aromatic carbocycles. The maximum absolute atomic E-state index is 13.8. The third-order valence-electron chi connectivity index (χ3n) is 7.70. The summed E-state index contributed by atoms with van der Waals surface area (Å²) in [5.41, 5.74) is -0.0255. The van der Waals surface area contributed by atoms with Crippen molar-refractivity contribution >= 4 is 23.7 Å². The van der Waals surface area contributed by atoms with Gasteiger partial charge in [0.2, 0.25) is 17.7 Å². The van der Waals surface area contributed by atoms with Crippen molar-refractivity contribution < 1.29 is 23.9 Å². The third-order valence-corrected chi connectivity index (χ3v) is 7.70. The van der Waals surface area contributed by atoms with Crippen molar-refractivity contribution in [3.63, 3.8) is 0 Å². The average Bonchev–Trinajstić information content (AvgIpc) is 3.33. The molecule has 1 unspecified atom stereocenters. The van der Waals surface area contributed by atoms with E-state index in [2.05, 4.69) is 10.2 Å². The lowest BCUT2D eigenvalue weighted by Gasteiger charge is -2.39. The van der Waals surface area contributed by atoms with Gasteiger partial charge in [0, 0.05) is 19.2 Å². The standard InChI is InChI=1S/C28H48N4O5/c1-18(2)22(17-19(3)25(34)32-16-12-14-21(32)27(36)37-9)31(8)26(35)23(28(4,5)6)29-24(33)20-13-10-11-15-30(20)7/h17-18,20-23H,10-16H2,1-9H3,(H,29,33)/t20?,21-,22+,23+/m0/s1. The molecule has 0 aromatic rings. The maximum atomic E-state index is 13.8. The van der Waals surface area contributed by atoms with Crippen molar-refractivity contribution in [1.82, 2.24) is 20.0 Å². The highest BCUT2D eigenvalue weighted by Gasteiger charge is 2.40. The van der Waals surface area contributed by atoms with Gasteiger partial charge in [-0.3, -0.25) is 19.3 Å². The topological polar surface area (TPSA) is 99.3 Å². The Morgan fingerprint density at radius 3 is 2.19 bits per heavy atom. The van der Waals surface area contributed by atoms with Crippen LogP contribution in [0.5, 0.6) is 0 Å². The molecule has 0 bridgehead atoms. The second kappa shape index (κ2) is 12.9. The minimum absolute atomic E-state index is 0.0208. The molecule has 0 radical (unpaired) electrons. The van der Waals surface area contributed by atoms with Crippen LogP contribution in [0.2, 0.25) is 0 Å². The number of amides is 3. The molecule has 210 valence electrons. The van der Waals surface area contributed by atoms with E-state index >= 15 is 0 Å². The largest absolute Gasteiger partial charge is 0.467 e. The average molecular weight is 521 g/mol. The number of hydrogen-bond acceptors (Lipinski definition) is 6. The molecule has 9 nitrogen and oxygen atoms in total. The van der Waals surface area contributed by atoms with E-state index in [4.69, 9.17) is 4.74 Å². The quantitative estimate of drug-likeness (QED) is 0.390. The van der Waals surface area contributed by atoms with Crippen LogP contribution in [0.1, 0.15) is 73.6 Å². The fourth-order valence-electron chi connectivity index (χ4n) is 5.34. The Hall–Kier alpha value is -2.42. The molecule has 9 heteroatoms. The number of hydrogen-bond donors (Lipinski definition) is 1. The summed E-state index contributed by atoms with van der Waals surface area (Å²) in [6, 6.07) is -1.89. The van der Waals surface area contributed by atoms with Gasteiger partial charge in [-0.25, -0.2) is 4.79 Å². The van der Waals surface area contributed by atoms with Gasteiger partial charge in [-0.05, 0) is 57.5 Å². The first-order valence-corrected chi connectivity index (χ1v) is 13.5. The summed E-state index contributed by atoms with van der Waals surface area (Å²) in [6.45, 7) is 12.9. The normalized spacial score (nSPS) is 23.0. The first-order chi connectivity index (χ1) is 17.2. The molecule has 37 heavy (non-hydrogen) atoms. The molecule has 2 heterocycles. The fourth-order valence-corrected chi connectivity index (χ4v) is 5.34. The number of piperidine rings is 1. The number of likely N-dealkylation sites (tertiary alicyclic amines) is 2. The number of methoxy groups -OCH3 is 1. The van der Waals surface area contributed by atoms with E-state index in [9.17, 15) is 19.2 Å². The van der Waals surface area contributed by atoms with Crippen LogP contribution in [0.3, 0.4) is 0 Å². The third kappa shape index (κ3) is 7.55. The van der Waals surface area contributed by atoms with E-state index in [0.29, 0.717) is 18.5 Å². The zero-order valence-electron chi connectivity index (χ0n) is 24.3. The van der Waals surface area contributed by atoms with Gasteiger partial charge < -0.3 is 19.9 Å². The Bertz CT molecular complexity index is 878. The smallest absolute Gasteiger partial charge is 0.328 e. The lowest BCUT2D eigenvalue weighted by Crippen LogP contribution is -2.59. The van der Waals surface area contributed by atoms with Gasteiger partial charge in [-0.2, -0.15) is 0 Å². The zero-order valence-corrected chi connectivity index (χ0v) is 24.3. The van der Waals surface area contributed by atoms with Crippen LogP contribution in [-0.4, -0.2) is 96.9 Å². The molecule has 2 rings (SSSR count). The fraction of sp³-hybridized carbons (Fsp3) is 0.786. The van der Waals surface area contributed by atoms with E-state index in [1.165, 1.54) is 7.11 Å². The first kappa shape index (κ1) is 30.8. The van der Waals surface area contributed by atoms with Crippen LogP contribution in [0.25, 0.3) is 0 Å². The number of nitrogens with one attached hydrogen (secondary N) is 1. The predicted octanol–water partition coefficient (Wildman–Crippen LogP) is 2.59. The van der Waals surface area contributed by atoms with E-state index in [-0.39, 0.29) is 35.7 Å². The summed E-state index contributed by atoms with van der Waals surface area (Å²) in [4.78, 5) is 57.7. The van der Waals surface area contributed by atoms with E-state index in [0.717, 1.165) is 32.2 Å². The zero-order chi connectivity index (χ0) is 28.1. The van der Waals surface area contributed by atoms with Gasteiger partial charge >= 0.3 is 5.97 Å². The molecule has 0 aliphatic carbocycles. The first-order valence-electron chi connectivity index (χ1n) is 13.5. The molecule has 2 aliphatic rings. The van der Waals surface area contributed by atoms with Gasteiger partial charge in [0.1, 0.15) is 12.1 Å². The molecule has 0 aromatic heterocycles. The van der Waals surface area contributed by atoms with Crippen molar-refractivity contribution in [2.75, 3.05) is 34.3 Å². The van der Waals surface area contributed by atoms with Crippen molar-refractivity contribution in [2.24, 2.45) is 11.3 Å². The molecule has 2 fully saturated rings. The number of carbonyl (C=O) groups is 4. The molecule has 2 aliphatic heterocycles. The second-order valence-corrected chi connectivity index (χ2v) is 12.0. The van der Waals surface area contributed by atoms with Gasteiger partial charge in [0.15, 0.2) is 0 Å². The van der Waals surface area contributed by atoms with E-state index < -0.39 is 23.5 Å². The van der Waals surface area contributed by atoms with Crippen molar-refractivity contribution in [3.05, 3.63) is 11.6 Å². The Morgan fingerprint density at radius 1 is 1.03 bits per heavy atom. The monoisotopic (exact) mass is 520 g/mol. The van der Waals surface area contributed by atoms with Gasteiger partial charge in [-0.1, -0.05) is 47.1 Å². The number of rotatable bonds is 8. The Kier molecular flexibility index (Phi) is 10.7. The lowest BCUT2D eigenvalue weighted by atomic mass is 9.84. The highest BCUT2D eigenvalue weighted by Crippen LogP contribution is 2.26. The maximum Gasteiger partial charge on any atom is 0.328 e. The van der Waals surface area contributed by atoms with Crippen LogP contribution in [-0.2, 0) is 23.9 Å². The van der Waals surface area contributed by atoms with Crippen molar-refractivity contribution in [2.45, 2.75) is 97.8 Å². The van der Waals surface area contributed by atoms with E-state index in [1.54, 1.807) is 23.8 Å². The summed E-state index contributed by atoms with van der Waals surface area (Å²) < 4.78 is 4.88. The van der Waals surface area contributed by atoms with Gasteiger partial charge in [0.05, 0.1) is 19.2 Å². The molecular weight excluding hydrogens is 472 g/mol. The van der Waals surface area contributed by atoms with Crippen LogP contribution in [0.4, 0.5) is 0 Å². The van der Waals surface area contributed by atoms with Crippen molar-refractivity contribution in [1.29, 1.82) is 0 Å². The summed E-state index contributed by atoms with van der Waals surface area (Å²) in [7, 11) is 5.01. The minimum atomic E-state index is -0.715. The highest BCUT2D eigenvalue weighted by atomic mass is 16.5. The lowest BCUT2D eigenvalue weighted by molar-refractivity contribution is -0.149. The van der Waals surface area contributed by atoms with Crippen LogP contribution in [0, 0.1) is 11.3 Å². The predicted molar refractivity (Wildman–Crippen MR) is 144 cm³/mol. The Balaban J connectivity index is 2.25. The number of carbonyl (C=O) groups excluding carboxylic acids is 4. The van der Waals surface area contributed by atoms with Crippen molar-refractivity contribution in [3.8, 4) is 0 Å². The van der Waals surface area contributed by atoms with Crippen LogP contribution >= 0.6 is 0 Å². The summed E-state index contributed by atoms with van der Waals surface area (Å²) in [6.07, 6.45) is 5.99. The molecule has 0 spiro atoms. The minimum Gasteiger partial charge on any atom is -0.467 e. The van der Waals surface area contributed by atoms with Crippen LogP contribution in [0.15, 0.2) is 11.6 Å². The number of esters is 1. The molecular formula is C28H48N4O5. The van der Waals surface area contributed by atoms with Gasteiger partial charge in [-0.15, -0.1) is 0 Å². The Labute approximate surface area is 222 Å². The summed E-state index contributed by atoms with van der Waals surface area (Å²) in [5, 5.41) is 3.06. The summed E-state index contributed by atoms with van der Waals surface area (Å²) >= 11 is 0. The molecule has 4 atom stereocenters. The SMILES string of the molecule is COC(=O)[C@@H]1CCCN1C(=O)C(C)=C[C@H](C(C)C)N(C)C(=O)[C@@H](NC(=O)C1CCCCN1C)C(C)(C)C. The van der Waals surface area contributed by atoms with Crippen LogP contribution < -0.4 is 5.32 Å². The molecule has 1 N–H and O–H groups in total. The Morgan fingerprint density at radius 2 is 1.65 bits per heavy atom. The van der Waals surface area contributed by atoms with E-state index in [1.807, 2.05) is 47.7 Å². The van der Waals surface area contributed by atoms with Gasteiger partial charge in [0.25, 0.3) is 0 Å². The highest BCUT2D eigenvalue weighted by molar-refractivity contribution is 5.96. The summed E-state index contributed by atoms with van der Waals surface area (Å²) in [5.74, 6) is -0.913.